The lowest BCUT2D eigenvalue weighted by Gasteiger charge is -2.36. The van der Waals surface area contributed by atoms with Gasteiger partial charge in [-0.25, -0.2) is 4.79 Å². The van der Waals surface area contributed by atoms with Gasteiger partial charge in [-0.3, -0.25) is 9.59 Å². The average molecular weight is 306 g/mol. The minimum Gasteiger partial charge on any atom is -0.462 e. The molecule has 0 aromatic heterocycles. The van der Waals surface area contributed by atoms with Gasteiger partial charge in [0.25, 0.3) is 0 Å². The highest BCUT2D eigenvalue weighted by Crippen LogP contribution is 2.56. The maximum Gasteiger partial charge on any atom is 0.334 e. The van der Waals surface area contributed by atoms with E-state index in [1.165, 1.54) is 6.92 Å². The van der Waals surface area contributed by atoms with E-state index in [4.69, 9.17) is 9.47 Å². The Balaban J connectivity index is 2.08. The first kappa shape index (κ1) is 15.3. The third-order valence-corrected chi connectivity index (χ3v) is 5.88. The van der Waals surface area contributed by atoms with Crippen LogP contribution in [0.25, 0.3) is 0 Å². The average Bonchev–Trinajstić information content (AvgIpc) is 2.86. The van der Waals surface area contributed by atoms with Crippen molar-refractivity contribution in [3.05, 3.63) is 12.2 Å². The number of hydrogen-bond donors (Lipinski definition) is 0. The zero-order valence-corrected chi connectivity index (χ0v) is 13.3. The van der Waals surface area contributed by atoms with Crippen molar-refractivity contribution in [1.82, 2.24) is 0 Å². The van der Waals surface area contributed by atoms with E-state index in [0.29, 0.717) is 18.4 Å². The molecule has 2 aliphatic carbocycles. The zero-order valence-electron chi connectivity index (χ0n) is 13.3. The van der Waals surface area contributed by atoms with Gasteiger partial charge in [0.2, 0.25) is 0 Å². The molecule has 0 amide bonds. The van der Waals surface area contributed by atoms with E-state index < -0.39 is 29.5 Å². The van der Waals surface area contributed by atoms with Gasteiger partial charge >= 0.3 is 11.9 Å². The molecule has 120 valence electrons. The molecule has 3 rings (SSSR count). The second-order valence-corrected chi connectivity index (χ2v) is 7.09. The minimum absolute atomic E-state index is 0.144. The molecule has 0 aromatic rings. The van der Waals surface area contributed by atoms with Crippen molar-refractivity contribution in [1.29, 1.82) is 0 Å². The van der Waals surface area contributed by atoms with E-state index in [-0.39, 0.29) is 23.6 Å². The van der Waals surface area contributed by atoms with Gasteiger partial charge < -0.3 is 9.47 Å². The van der Waals surface area contributed by atoms with Crippen molar-refractivity contribution in [3.8, 4) is 0 Å². The molecule has 0 unspecified atom stereocenters. The lowest BCUT2D eigenvalue weighted by molar-refractivity contribution is -0.154. The van der Waals surface area contributed by atoms with Gasteiger partial charge in [-0.05, 0) is 31.6 Å². The highest BCUT2D eigenvalue weighted by molar-refractivity contribution is 5.94. The monoisotopic (exact) mass is 306 g/mol. The summed E-state index contributed by atoms with van der Waals surface area (Å²) in [6.07, 6.45) is 0.936. The standard InChI is InChI=1S/C17H22O5/c1-8-7-12(21-10(3)18)14-9(2)16(20)22-15(14)17(4)11(8)5-6-13(17)19/h8,11-12,14-15H,2,5-7H2,1,3-4H3/t8-,11-,12-,14+,15+,17-/m0/s1. The smallest absolute Gasteiger partial charge is 0.334 e. The molecular formula is C17H22O5. The molecule has 0 radical (unpaired) electrons. The molecule has 3 fully saturated rings. The van der Waals surface area contributed by atoms with Gasteiger partial charge in [0, 0.05) is 18.9 Å². The lowest BCUT2D eigenvalue weighted by atomic mass is 9.68. The SMILES string of the molecule is C=C1C(=O)O[C@@H]2[C@H]1[C@@H](OC(C)=O)C[C@H](C)[C@@H]1CCC(=O)[C@@]21C. The fourth-order valence-electron chi connectivity index (χ4n) is 4.82. The van der Waals surface area contributed by atoms with Crippen LogP contribution in [0.3, 0.4) is 0 Å². The number of carbonyl (C=O) groups is 3. The molecule has 5 nitrogen and oxygen atoms in total. The minimum atomic E-state index is -0.700. The summed E-state index contributed by atoms with van der Waals surface area (Å²) >= 11 is 0. The molecule has 0 N–H and O–H groups in total. The molecular weight excluding hydrogens is 284 g/mol. The van der Waals surface area contributed by atoms with E-state index in [9.17, 15) is 14.4 Å². The molecule has 2 saturated carbocycles. The third kappa shape index (κ3) is 1.94. The number of carbonyl (C=O) groups excluding carboxylic acids is 3. The molecule has 5 heteroatoms. The normalized spacial score (nSPS) is 44.1. The van der Waals surface area contributed by atoms with Gasteiger partial charge in [-0.2, -0.15) is 0 Å². The quantitative estimate of drug-likeness (QED) is 0.548. The largest absolute Gasteiger partial charge is 0.462 e. The van der Waals surface area contributed by atoms with Gasteiger partial charge in [-0.15, -0.1) is 0 Å². The molecule has 3 aliphatic rings. The van der Waals surface area contributed by atoms with Crippen LogP contribution in [0.2, 0.25) is 0 Å². The molecule has 1 heterocycles. The van der Waals surface area contributed by atoms with Crippen LogP contribution in [0.4, 0.5) is 0 Å². The van der Waals surface area contributed by atoms with Crippen LogP contribution < -0.4 is 0 Å². The Morgan fingerprint density at radius 2 is 2.09 bits per heavy atom. The molecule has 0 spiro atoms. The van der Waals surface area contributed by atoms with Gasteiger partial charge in [0.05, 0.1) is 11.3 Å². The number of hydrogen-bond acceptors (Lipinski definition) is 5. The van der Waals surface area contributed by atoms with Gasteiger partial charge in [-0.1, -0.05) is 13.5 Å². The number of fused-ring (bicyclic) bond motifs is 3. The maximum absolute atomic E-state index is 12.6. The first-order valence-electron chi connectivity index (χ1n) is 7.87. The summed E-state index contributed by atoms with van der Waals surface area (Å²) in [5.74, 6) is -0.765. The Kier molecular flexibility index (Phi) is 3.42. The predicted molar refractivity (Wildman–Crippen MR) is 77.7 cm³/mol. The van der Waals surface area contributed by atoms with E-state index in [2.05, 4.69) is 13.5 Å². The van der Waals surface area contributed by atoms with E-state index in [0.717, 1.165) is 6.42 Å². The van der Waals surface area contributed by atoms with Crippen LogP contribution in [-0.4, -0.2) is 29.9 Å². The molecule has 1 aliphatic heterocycles. The van der Waals surface area contributed by atoms with Crippen LogP contribution in [-0.2, 0) is 23.9 Å². The summed E-state index contributed by atoms with van der Waals surface area (Å²) in [5, 5.41) is 0. The number of ether oxygens (including phenoxy) is 2. The number of rotatable bonds is 1. The third-order valence-electron chi connectivity index (χ3n) is 5.88. The summed E-state index contributed by atoms with van der Waals surface area (Å²) in [6, 6.07) is 0. The molecule has 22 heavy (non-hydrogen) atoms. The summed E-state index contributed by atoms with van der Waals surface area (Å²) in [4.78, 5) is 36.1. The summed E-state index contributed by atoms with van der Waals surface area (Å²) in [5.41, 5.74) is -0.376. The maximum atomic E-state index is 12.6. The van der Waals surface area contributed by atoms with E-state index >= 15 is 0 Å². The van der Waals surface area contributed by atoms with Crippen molar-refractivity contribution in [2.75, 3.05) is 0 Å². The molecule has 0 aromatic carbocycles. The first-order valence-corrected chi connectivity index (χ1v) is 7.87. The number of Topliss-reactive ketones (excluding diaryl/α,β-unsaturated/α-hetero) is 1. The summed E-state index contributed by atoms with van der Waals surface area (Å²) in [6.45, 7) is 9.19. The molecule has 1 saturated heterocycles. The Morgan fingerprint density at radius 3 is 2.73 bits per heavy atom. The fourth-order valence-corrected chi connectivity index (χ4v) is 4.82. The predicted octanol–water partition coefficient (Wildman–Crippen LogP) is 2.04. The first-order chi connectivity index (χ1) is 10.3. The number of esters is 2. The molecule has 0 bridgehead atoms. The van der Waals surface area contributed by atoms with Gasteiger partial charge in [0.15, 0.2) is 0 Å². The zero-order chi connectivity index (χ0) is 16.2. The van der Waals surface area contributed by atoms with E-state index in [1.54, 1.807) is 0 Å². The van der Waals surface area contributed by atoms with Crippen molar-refractivity contribution < 1.29 is 23.9 Å². The lowest BCUT2D eigenvalue weighted by Crippen LogP contribution is -2.46. The summed E-state index contributed by atoms with van der Waals surface area (Å²) < 4.78 is 11.0. The Morgan fingerprint density at radius 1 is 1.41 bits per heavy atom. The van der Waals surface area contributed by atoms with E-state index in [1.807, 2.05) is 6.92 Å². The van der Waals surface area contributed by atoms with Gasteiger partial charge in [0.1, 0.15) is 18.0 Å². The summed E-state index contributed by atoms with van der Waals surface area (Å²) in [7, 11) is 0. The van der Waals surface area contributed by atoms with Crippen LogP contribution >= 0.6 is 0 Å². The molecule has 6 atom stereocenters. The Hall–Kier alpha value is -1.65. The van der Waals surface area contributed by atoms with Crippen LogP contribution in [0.1, 0.15) is 40.0 Å². The highest BCUT2D eigenvalue weighted by atomic mass is 16.6. The Labute approximate surface area is 130 Å². The Bertz CT molecular complexity index is 565. The van der Waals surface area contributed by atoms with Crippen molar-refractivity contribution in [3.63, 3.8) is 0 Å². The van der Waals surface area contributed by atoms with Crippen LogP contribution in [0, 0.1) is 23.2 Å². The van der Waals surface area contributed by atoms with Crippen LogP contribution in [0.5, 0.6) is 0 Å². The van der Waals surface area contributed by atoms with Crippen molar-refractivity contribution in [2.45, 2.75) is 52.2 Å². The highest BCUT2D eigenvalue weighted by Gasteiger charge is 2.63. The number of ketones is 1. The van der Waals surface area contributed by atoms with Crippen molar-refractivity contribution in [2.24, 2.45) is 23.2 Å². The van der Waals surface area contributed by atoms with Crippen LogP contribution in [0.15, 0.2) is 12.2 Å². The second kappa shape index (κ2) is 4.93. The second-order valence-electron chi connectivity index (χ2n) is 7.09. The van der Waals surface area contributed by atoms with Crippen molar-refractivity contribution >= 4 is 17.7 Å². The fraction of sp³-hybridized carbons (Fsp3) is 0.706. The topological polar surface area (TPSA) is 69.7 Å².